The van der Waals surface area contributed by atoms with Crippen LogP contribution >= 0.6 is 11.6 Å². The molecule has 0 aliphatic carbocycles. The van der Waals surface area contributed by atoms with E-state index in [2.05, 4.69) is 45.9 Å². The summed E-state index contributed by atoms with van der Waals surface area (Å²) in [7, 11) is 0. The largest absolute Gasteiger partial charge is 0.509 e. The lowest BCUT2D eigenvalue weighted by Crippen LogP contribution is -2.47. The lowest BCUT2D eigenvalue weighted by Gasteiger charge is -2.35. The van der Waals surface area contributed by atoms with Crippen LogP contribution in [0.25, 0.3) is 66.9 Å². The van der Waals surface area contributed by atoms with E-state index in [-0.39, 0.29) is 74.5 Å². The molecule has 102 heavy (non-hydrogen) atoms. The van der Waals surface area contributed by atoms with Crippen LogP contribution in [0.15, 0.2) is 87.2 Å². The number of aryl methyl sites for hydroxylation is 6. The monoisotopic (exact) mass is 1410 g/mol. The predicted octanol–water partition coefficient (Wildman–Crippen LogP) is 11.8. The van der Waals surface area contributed by atoms with Gasteiger partial charge in [0.15, 0.2) is 5.60 Å². The standard InChI is InChI=1S/C31H36N2O8.C24H21ClN2O5.C23H22N2O4/c1-5-10-37-11-12-38-13-14-39-30(36)41-31(7-3)24-16-26-27-22(17-33(26)28(34)23(24)18-40-29(31)35)20(6-2)21-15-19(4)8-9-25(21)32-27;1-4-13-14-8-12(3)6-7-18(14)26-20-15(13)10-27-19(20)9-17-16(21(27)28)11-31-22(29)24(17,5-2)32-23(25)30;1-4-13-14-8-12(3)6-7-18(14)24-20-15(13)10-25-19(20)9-17-16(21(25)26)11-29-22(27)23(17,28)5-2/h8-9,15-16H,5-7,10-14,17-18H2,1-4H3;6-9H,4-5,10-11H2,1-3H3;6-9,28H,4-5,10-11H2,1-3H3/t31-;24-;23-/m000/s1. The third kappa shape index (κ3) is 11.7. The Balaban J connectivity index is 0.000000139. The van der Waals surface area contributed by atoms with Gasteiger partial charge in [0.1, 0.15) is 26.4 Å². The van der Waals surface area contributed by atoms with Crippen molar-refractivity contribution in [1.82, 2.24) is 28.7 Å². The van der Waals surface area contributed by atoms with E-state index in [0.717, 1.165) is 103 Å². The van der Waals surface area contributed by atoms with Gasteiger partial charge in [0.05, 0.1) is 107 Å². The number of halogens is 1. The molecule has 0 radical (unpaired) electrons. The zero-order valence-corrected chi connectivity index (χ0v) is 59.5. The Morgan fingerprint density at radius 1 is 0.471 bits per heavy atom. The number of rotatable bonds is 16. The summed E-state index contributed by atoms with van der Waals surface area (Å²) in [6, 6.07) is 23.6. The summed E-state index contributed by atoms with van der Waals surface area (Å²) >= 11 is 5.50. The third-order valence-electron chi connectivity index (χ3n) is 20.6. The van der Waals surface area contributed by atoms with Crippen LogP contribution in [0.3, 0.4) is 0 Å². The molecule has 15 rings (SSSR count). The van der Waals surface area contributed by atoms with Crippen LogP contribution < -0.4 is 16.7 Å². The molecule has 0 bridgehead atoms. The average molecular weight is 1410 g/mol. The van der Waals surface area contributed by atoms with Gasteiger partial charge in [-0.05, 0) is 137 Å². The Hall–Kier alpha value is -9.94. The molecule has 23 nitrogen and oxygen atoms in total. The minimum Gasteiger partial charge on any atom is -0.458 e. The highest BCUT2D eigenvalue weighted by molar-refractivity contribution is 6.61. The number of hydrogen-bond acceptors (Lipinski definition) is 20. The van der Waals surface area contributed by atoms with Gasteiger partial charge in [0, 0.05) is 67.7 Å². The van der Waals surface area contributed by atoms with Crippen molar-refractivity contribution in [2.45, 2.75) is 170 Å². The van der Waals surface area contributed by atoms with Crippen LogP contribution in [-0.4, -0.2) is 96.3 Å². The van der Waals surface area contributed by atoms with Gasteiger partial charge < -0.3 is 56.7 Å². The van der Waals surface area contributed by atoms with Crippen molar-refractivity contribution in [3.05, 3.63) is 187 Å². The lowest BCUT2D eigenvalue weighted by molar-refractivity contribution is -0.175. The summed E-state index contributed by atoms with van der Waals surface area (Å²) in [4.78, 5) is 118. The number of aliphatic hydroxyl groups is 1. The fourth-order valence-electron chi connectivity index (χ4n) is 15.3. The van der Waals surface area contributed by atoms with Crippen LogP contribution in [-0.2, 0) is 128 Å². The molecule has 6 aliphatic rings. The Kier molecular flexibility index (Phi) is 19.2. The fourth-order valence-corrected chi connectivity index (χ4v) is 15.4. The summed E-state index contributed by atoms with van der Waals surface area (Å²) in [5.74, 6) is -2.18. The van der Waals surface area contributed by atoms with E-state index in [1.807, 2.05) is 57.2 Å². The highest BCUT2D eigenvalue weighted by atomic mass is 35.5. The van der Waals surface area contributed by atoms with Gasteiger partial charge >= 0.3 is 29.5 Å². The first-order valence-corrected chi connectivity index (χ1v) is 35.1. The second-order valence-corrected chi connectivity index (χ2v) is 26.7. The summed E-state index contributed by atoms with van der Waals surface area (Å²) in [5.41, 5.74) is 11.1. The number of pyridine rings is 6. The van der Waals surface area contributed by atoms with Crippen LogP contribution in [0.5, 0.6) is 0 Å². The van der Waals surface area contributed by atoms with E-state index in [0.29, 0.717) is 95.7 Å². The van der Waals surface area contributed by atoms with Crippen molar-refractivity contribution >= 4 is 73.8 Å². The quantitative estimate of drug-likeness (QED) is 0.0407. The summed E-state index contributed by atoms with van der Waals surface area (Å²) < 4.78 is 47.7. The molecule has 6 aromatic heterocycles. The van der Waals surface area contributed by atoms with Crippen LogP contribution in [0.2, 0.25) is 0 Å². The smallest absolute Gasteiger partial charge is 0.458 e. The highest BCUT2D eigenvalue weighted by Crippen LogP contribution is 2.46. The maximum Gasteiger partial charge on any atom is 0.509 e. The first-order valence-electron chi connectivity index (χ1n) is 34.8. The number of nitrogens with zero attached hydrogens (tertiary/aromatic N) is 6. The van der Waals surface area contributed by atoms with Crippen LogP contribution in [0.1, 0.15) is 158 Å². The Labute approximate surface area is 591 Å². The Bertz CT molecular complexity index is 5230. The maximum absolute atomic E-state index is 13.8. The molecule has 24 heteroatoms. The molecule has 0 unspecified atom stereocenters. The van der Waals surface area contributed by atoms with E-state index in [1.54, 1.807) is 52.7 Å². The topological polar surface area (TPSA) is 284 Å². The van der Waals surface area contributed by atoms with E-state index < -0.39 is 46.3 Å². The minimum absolute atomic E-state index is 0.0551. The molecule has 12 heterocycles. The molecule has 9 aromatic rings. The number of ether oxygens (including phenoxy) is 8. The molecule has 6 aliphatic heterocycles. The molecule has 0 fully saturated rings. The van der Waals surface area contributed by atoms with Crippen molar-refractivity contribution in [3.8, 4) is 34.2 Å². The van der Waals surface area contributed by atoms with Gasteiger partial charge in [0.25, 0.3) is 16.7 Å². The van der Waals surface area contributed by atoms with Crippen molar-refractivity contribution in [2.75, 3.05) is 33.0 Å². The molecule has 1 N–H and O–H groups in total. The van der Waals surface area contributed by atoms with Crippen molar-refractivity contribution in [2.24, 2.45) is 0 Å². The summed E-state index contributed by atoms with van der Waals surface area (Å²) in [6.45, 7) is 21.8. The first kappa shape index (κ1) is 70.5. The van der Waals surface area contributed by atoms with Gasteiger partial charge in [-0.25, -0.2) is 38.9 Å². The molecule has 0 spiro atoms. The minimum atomic E-state index is -1.82. The van der Waals surface area contributed by atoms with Crippen LogP contribution in [0, 0.1) is 20.8 Å². The molecule has 0 saturated heterocycles. The number of fused-ring (bicyclic) bond motifs is 15. The van der Waals surface area contributed by atoms with E-state index >= 15 is 0 Å². The van der Waals surface area contributed by atoms with Gasteiger partial charge in [-0.15, -0.1) is 0 Å². The second-order valence-electron chi connectivity index (χ2n) is 26.4. The van der Waals surface area contributed by atoms with E-state index in [4.69, 9.17) is 64.4 Å². The predicted molar refractivity (Wildman–Crippen MR) is 378 cm³/mol. The SMILES string of the molecule is CCCOCCOCCOC(=O)O[C@]1(CC)C(=O)OCc2c1cc1n(c2=O)Cc2c-1nc1ccc(C)cc1c2CC.CCc1c2c(nc3ccc(C)cc13)-c1cc3c(c(=O)n1C2)COC(=O)[C@@]3(CC)OC(=O)Cl.CCc1c2c(nc3ccc(C)cc13)-c1cc3c(c(=O)n1C2)COC(=O)[C@]3(O)CC. The lowest BCUT2D eigenvalue weighted by atomic mass is 9.85. The number of carbonyl (C=O) groups is 5. The zero-order chi connectivity index (χ0) is 72.4. The zero-order valence-electron chi connectivity index (χ0n) is 58.7. The summed E-state index contributed by atoms with van der Waals surface area (Å²) in [5, 5.41) is 14.2. The molecular formula is C78H79ClN6O17. The highest BCUT2D eigenvalue weighted by Gasteiger charge is 2.53. The van der Waals surface area contributed by atoms with E-state index in [1.165, 1.54) is 11.1 Å². The number of aromatic nitrogens is 6. The van der Waals surface area contributed by atoms with Crippen molar-refractivity contribution in [3.63, 3.8) is 0 Å². The van der Waals surface area contributed by atoms with Crippen LogP contribution in [0.4, 0.5) is 9.59 Å². The number of esters is 3. The van der Waals surface area contributed by atoms with Gasteiger partial charge in [-0.2, -0.15) is 0 Å². The molecule has 0 saturated carbocycles. The third-order valence-corrected chi connectivity index (χ3v) is 20.6. The number of cyclic esters (lactones) is 3. The average Bonchev–Trinajstić information content (AvgIpc) is 1.56. The Morgan fingerprint density at radius 3 is 1.21 bits per heavy atom. The van der Waals surface area contributed by atoms with Gasteiger partial charge in [-0.3, -0.25) is 14.4 Å². The molecule has 3 aromatic carbocycles. The van der Waals surface area contributed by atoms with Crippen molar-refractivity contribution in [1.29, 1.82) is 0 Å². The number of hydrogen-bond donors (Lipinski definition) is 1. The van der Waals surface area contributed by atoms with E-state index in [9.17, 15) is 43.5 Å². The first-order chi connectivity index (χ1) is 49.0. The van der Waals surface area contributed by atoms with Gasteiger partial charge in [0.2, 0.25) is 11.2 Å². The number of benzene rings is 3. The molecule has 530 valence electrons. The molecule has 0 amide bonds. The fraction of sp³-hybridized carbons (Fsp3) is 0.397. The van der Waals surface area contributed by atoms with Gasteiger partial charge in [-0.1, -0.05) is 83.4 Å². The second kappa shape index (κ2) is 27.8. The normalized spacial score (nSPS) is 18.3. The van der Waals surface area contributed by atoms with Crippen molar-refractivity contribution < 1.29 is 67.0 Å². The summed E-state index contributed by atoms with van der Waals surface area (Å²) in [6.07, 6.45) is 2.55. The maximum atomic E-state index is 13.8. The Morgan fingerprint density at radius 2 is 0.833 bits per heavy atom. The number of carbonyl (C=O) groups excluding carboxylic acids is 5. The molecule has 3 atom stereocenters. The molecular weight excluding hydrogens is 1330 g/mol.